The van der Waals surface area contributed by atoms with Crippen LogP contribution in [0.5, 0.6) is 0 Å². The first-order valence-electron chi connectivity index (χ1n) is 7.97. The van der Waals surface area contributed by atoms with E-state index in [1.54, 1.807) is 20.8 Å². The normalized spacial score (nSPS) is 13.2. The van der Waals surface area contributed by atoms with Gasteiger partial charge in [-0.15, -0.1) is 0 Å². The van der Waals surface area contributed by atoms with E-state index in [9.17, 15) is 22.8 Å². The lowest BCUT2D eigenvalue weighted by atomic mass is 10.1. The molecule has 0 saturated heterocycles. The summed E-state index contributed by atoms with van der Waals surface area (Å²) >= 11 is 0. The van der Waals surface area contributed by atoms with Crippen molar-refractivity contribution in [3.63, 3.8) is 0 Å². The van der Waals surface area contributed by atoms with Crippen molar-refractivity contribution in [1.82, 2.24) is 20.6 Å². The van der Waals surface area contributed by atoms with Crippen LogP contribution in [0.25, 0.3) is 0 Å². The van der Waals surface area contributed by atoms with Crippen LogP contribution in [-0.2, 0) is 10.9 Å². The molecule has 0 aliphatic carbocycles. The molecule has 0 fully saturated rings. The fraction of sp³-hybridized carbons (Fsp3) is 0.667. The minimum Gasteiger partial charge on any atom is -0.465 e. The highest BCUT2D eigenvalue weighted by Crippen LogP contribution is 2.29. The first kappa shape index (κ1) is 21.6. The van der Waals surface area contributed by atoms with Gasteiger partial charge < -0.3 is 25.5 Å². The maximum absolute atomic E-state index is 12.6. The molecule has 11 heteroatoms. The molecule has 4 N–H and O–H groups in total. The molecule has 8 nitrogen and oxygen atoms in total. The number of nitrogens with zero attached hydrogens (tertiary/aromatic N) is 1. The summed E-state index contributed by atoms with van der Waals surface area (Å²) in [6.45, 7) is 5.48. The minimum atomic E-state index is -4.59. The maximum Gasteiger partial charge on any atom is 0.432 e. The predicted octanol–water partition coefficient (Wildman–Crippen LogP) is 3.43. The van der Waals surface area contributed by atoms with Crippen LogP contribution in [0.3, 0.4) is 0 Å². The van der Waals surface area contributed by atoms with E-state index in [4.69, 9.17) is 9.84 Å². The topological polar surface area (TPSA) is 116 Å². The molecule has 0 saturated carbocycles. The first-order valence-corrected chi connectivity index (χ1v) is 7.97. The first-order chi connectivity index (χ1) is 11.9. The Balaban J connectivity index is 2.50. The lowest BCUT2D eigenvalue weighted by molar-refractivity contribution is -0.141. The Morgan fingerprint density at radius 2 is 1.96 bits per heavy atom. The van der Waals surface area contributed by atoms with Crippen LogP contribution in [0, 0.1) is 0 Å². The van der Waals surface area contributed by atoms with Crippen molar-refractivity contribution in [2.45, 2.75) is 57.9 Å². The Morgan fingerprint density at radius 1 is 1.31 bits per heavy atom. The second kappa shape index (κ2) is 8.77. The molecule has 0 aliphatic rings. The van der Waals surface area contributed by atoms with Gasteiger partial charge in [-0.3, -0.25) is 0 Å². The van der Waals surface area contributed by atoms with E-state index < -0.39 is 35.7 Å². The molecule has 148 valence electrons. The Hall–Kier alpha value is -2.46. The Labute approximate surface area is 148 Å². The third-order valence-corrected chi connectivity index (χ3v) is 3.12. The predicted molar refractivity (Wildman–Crippen MR) is 85.6 cm³/mol. The second-order valence-corrected chi connectivity index (χ2v) is 6.61. The molecule has 1 rings (SSSR count). The van der Waals surface area contributed by atoms with Crippen LogP contribution in [0.2, 0.25) is 0 Å². The third kappa shape index (κ3) is 8.08. The van der Waals surface area contributed by atoms with Crippen LogP contribution in [-0.4, -0.2) is 39.4 Å². The highest BCUT2D eigenvalue weighted by Gasteiger charge is 2.34. The van der Waals surface area contributed by atoms with E-state index in [1.165, 1.54) is 0 Å². The summed E-state index contributed by atoms with van der Waals surface area (Å²) < 4.78 is 42.9. The van der Waals surface area contributed by atoms with E-state index in [0.717, 1.165) is 0 Å². The highest BCUT2D eigenvalue weighted by molar-refractivity contribution is 5.67. The number of H-pyrrole nitrogens is 1. The van der Waals surface area contributed by atoms with Crippen molar-refractivity contribution in [2.75, 3.05) is 6.54 Å². The van der Waals surface area contributed by atoms with E-state index in [0.29, 0.717) is 25.6 Å². The van der Waals surface area contributed by atoms with Gasteiger partial charge in [-0.2, -0.15) is 13.2 Å². The molecule has 0 bridgehead atoms. The molecule has 1 heterocycles. The number of carboxylic acid groups (broad SMARTS) is 1. The van der Waals surface area contributed by atoms with Crippen molar-refractivity contribution in [3.05, 3.63) is 17.7 Å². The van der Waals surface area contributed by atoms with E-state index >= 15 is 0 Å². The quantitative estimate of drug-likeness (QED) is 0.541. The summed E-state index contributed by atoms with van der Waals surface area (Å²) in [6.07, 6.45) is -4.75. The van der Waals surface area contributed by atoms with Crippen molar-refractivity contribution < 1.29 is 32.6 Å². The van der Waals surface area contributed by atoms with Gasteiger partial charge in [0.05, 0.1) is 12.2 Å². The van der Waals surface area contributed by atoms with Crippen molar-refractivity contribution >= 4 is 12.2 Å². The fourth-order valence-corrected chi connectivity index (χ4v) is 2.06. The average Bonchev–Trinajstić information content (AvgIpc) is 2.93. The average molecular weight is 380 g/mol. The summed E-state index contributed by atoms with van der Waals surface area (Å²) in [6, 6.07) is -0.912. The largest absolute Gasteiger partial charge is 0.465 e. The minimum absolute atomic E-state index is 0.111. The van der Waals surface area contributed by atoms with Gasteiger partial charge >= 0.3 is 18.4 Å². The molecule has 0 aliphatic heterocycles. The van der Waals surface area contributed by atoms with Crippen LogP contribution < -0.4 is 10.6 Å². The number of alkyl halides is 3. The number of alkyl carbamates (subject to hydrolysis) is 1. The number of nitrogens with one attached hydrogen (secondary N) is 3. The number of amides is 2. The van der Waals surface area contributed by atoms with Crippen LogP contribution in [0.1, 0.15) is 57.6 Å². The monoisotopic (exact) mass is 380 g/mol. The SMILES string of the molecule is CC(C)(C)OC(=O)NCCCCC(NC(=O)O)c1ncc(C(F)(F)F)[nH]1. The number of imidazole rings is 1. The van der Waals surface area contributed by atoms with Gasteiger partial charge in [-0.25, -0.2) is 14.6 Å². The molecule has 0 radical (unpaired) electrons. The van der Waals surface area contributed by atoms with Crippen LogP contribution in [0.15, 0.2) is 6.20 Å². The van der Waals surface area contributed by atoms with E-state index in [2.05, 4.69) is 20.6 Å². The van der Waals surface area contributed by atoms with Gasteiger partial charge in [0.25, 0.3) is 0 Å². The van der Waals surface area contributed by atoms with Gasteiger partial charge in [-0.1, -0.05) is 0 Å². The van der Waals surface area contributed by atoms with Gasteiger partial charge in [-0.05, 0) is 40.0 Å². The summed E-state index contributed by atoms with van der Waals surface area (Å²) in [5.41, 5.74) is -1.66. The standard InChI is InChI=1S/C15H23F3N4O4/c1-14(2,3)26-13(25)19-7-5-4-6-9(21-12(23)24)11-20-8-10(22-11)15(16,17)18/h8-9,21H,4-7H2,1-3H3,(H,19,25)(H,20,22)(H,23,24). The third-order valence-electron chi connectivity index (χ3n) is 3.12. The highest BCUT2D eigenvalue weighted by atomic mass is 19.4. The number of rotatable bonds is 7. The number of carbonyl (C=O) groups excluding carboxylic acids is 1. The molecule has 26 heavy (non-hydrogen) atoms. The molecule has 2 amide bonds. The lowest BCUT2D eigenvalue weighted by Gasteiger charge is -2.19. The molecule has 1 atom stereocenters. The Kier molecular flexibility index (Phi) is 7.28. The molecule has 0 aromatic carbocycles. The fourth-order valence-electron chi connectivity index (χ4n) is 2.06. The number of unbranched alkanes of at least 4 members (excludes halogenated alkanes) is 1. The summed E-state index contributed by atoms with van der Waals surface area (Å²) in [7, 11) is 0. The maximum atomic E-state index is 12.6. The van der Waals surface area contributed by atoms with E-state index in [-0.39, 0.29) is 12.2 Å². The molecule has 0 spiro atoms. The number of ether oxygens (including phenoxy) is 1. The summed E-state index contributed by atoms with van der Waals surface area (Å²) in [4.78, 5) is 28.0. The van der Waals surface area contributed by atoms with Gasteiger partial charge in [0, 0.05) is 6.54 Å². The van der Waals surface area contributed by atoms with Gasteiger partial charge in [0.2, 0.25) is 0 Å². The number of halogens is 3. The molecular formula is C15H23F3N4O4. The zero-order valence-corrected chi connectivity index (χ0v) is 14.7. The number of hydrogen-bond donors (Lipinski definition) is 4. The van der Waals surface area contributed by atoms with Gasteiger partial charge in [0.15, 0.2) is 0 Å². The Bertz CT molecular complexity index is 611. The second-order valence-electron chi connectivity index (χ2n) is 6.61. The van der Waals surface area contributed by atoms with Crippen LogP contribution in [0.4, 0.5) is 22.8 Å². The number of carbonyl (C=O) groups is 2. The van der Waals surface area contributed by atoms with Crippen LogP contribution >= 0.6 is 0 Å². The number of hydrogen-bond acceptors (Lipinski definition) is 4. The van der Waals surface area contributed by atoms with Crippen molar-refractivity contribution in [2.24, 2.45) is 0 Å². The molecule has 1 unspecified atom stereocenters. The zero-order valence-electron chi connectivity index (χ0n) is 14.7. The summed E-state index contributed by atoms with van der Waals surface area (Å²) in [5.74, 6) is -0.111. The molecule has 1 aromatic heterocycles. The van der Waals surface area contributed by atoms with E-state index in [1.807, 2.05) is 0 Å². The Morgan fingerprint density at radius 3 is 2.46 bits per heavy atom. The summed E-state index contributed by atoms with van der Waals surface area (Å²) in [5, 5.41) is 13.5. The lowest BCUT2D eigenvalue weighted by Crippen LogP contribution is -2.33. The molecule has 1 aromatic rings. The van der Waals surface area contributed by atoms with Crippen molar-refractivity contribution in [3.8, 4) is 0 Å². The number of aromatic amines is 1. The van der Waals surface area contributed by atoms with Crippen molar-refractivity contribution in [1.29, 1.82) is 0 Å². The number of aromatic nitrogens is 2. The zero-order chi connectivity index (χ0) is 20.0. The smallest absolute Gasteiger partial charge is 0.432 e. The van der Waals surface area contributed by atoms with Gasteiger partial charge in [0.1, 0.15) is 17.1 Å². The molecular weight excluding hydrogens is 357 g/mol.